The molecule has 1 fully saturated rings. The summed E-state index contributed by atoms with van der Waals surface area (Å²) in [4.78, 5) is 5.70. The van der Waals surface area contributed by atoms with Gasteiger partial charge in [-0.2, -0.15) is 0 Å². The SMILES string of the molecule is COc1cccc([C@@]23CCN(C)C[C@@]2(O)Cc2c([nH]c4ccc(F)cc24)C3)c1. The maximum Gasteiger partial charge on any atom is 0.123 e. The number of methoxy groups -OCH3 is 1. The Morgan fingerprint density at radius 3 is 2.86 bits per heavy atom. The number of aliphatic hydroxyl groups is 1. The largest absolute Gasteiger partial charge is 0.497 e. The standard InChI is InChI=1S/C23H25FN2O2/c1-26-9-8-22(15-4-3-5-17(10-15)28-2)13-21-19(12-23(22,27)14-26)18-11-16(24)6-7-20(18)25-21/h3-7,10-11,25,27H,8-9,12-14H2,1-2H3/t22-,23-/m0/s1. The molecule has 0 saturated carbocycles. The first-order chi connectivity index (χ1) is 13.4. The van der Waals surface area contributed by atoms with E-state index in [1.54, 1.807) is 19.2 Å². The van der Waals surface area contributed by atoms with Crippen LogP contribution in [0.4, 0.5) is 4.39 Å². The van der Waals surface area contributed by atoms with Crippen LogP contribution in [0.25, 0.3) is 10.9 Å². The van der Waals surface area contributed by atoms with Crippen molar-refractivity contribution in [2.45, 2.75) is 30.3 Å². The average molecular weight is 380 g/mol. The first kappa shape index (κ1) is 17.7. The lowest BCUT2D eigenvalue weighted by molar-refractivity contribution is -0.0972. The number of H-pyrrole nitrogens is 1. The molecule has 0 amide bonds. The molecule has 2 aromatic carbocycles. The van der Waals surface area contributed by atoms with Gasteiger partial charge in [0.15, 0.2) is 0 Å². The summed E-state index contributed by atoms with van der Waals surface area (Å²) in [5.41, 5.74) is 2.87. The molecule has 2 N–H and O–H groups in total. The number of likely N-dealkylation sites (tertiary alicyclic amines) is 1. The molecule has 2 aliphatic rings. The molecule has 1 aliphatic carbocycles. The Balaban J connectivity index is 1.72. The molecule has 0 unspecified atom stereocenters. The van der Waals surface area contributed by atoms with Crippen molar-refractivity contribution in [3.8, 4) is 5.75 Å². The van der Waals surface area contributed by atoms with E-state index >= 15 is 0 Å². The number of hydrogen-bond acceptors (Lipinski definition) is 3. The molecule has 1 aliphatic heterocycles. The summed E-state index contributed by atoms with van der Waals surface area (Å²) in [6.45, 7) is 1.51. The molecule has 0 radical (unpaired) electrons. The van der Waals surface area contributed by atoms with Crippen LogP contribution in [0.3, 0.4) is 0 Å². The van der Waals surface area contributed by atoms with Gasteiger partial charge in [-0.15, -0.1) is 0 Å². The molecule has 0 bridgehead atoms. The van der Waals surface area contributed by atoms with Crippen molar-refractivity contribution in [3.63, 3.8) is 0 Å². The highest BCUT2D eigenvalue weighted by Gasteiger charge is 2.57. The minimum atomic E-state index is -0.930. The number of halogens is 1. The second-order valence-corrected chi connectivity index (χ2v) is 8.46. The normalized spacial score (nSPS) is 27.4. The number of nitrogens with zero attached hydrogens (tertiary/aromatic N) is 1. The lowest BCUT2D eigenvalue weighted by Gasteiger charge is -2.56. The number of aromatic nitrogens is 1. The number of piperidine rings is 1. The summed E-state index contributed by atoms with van der Waals surface area (Å²) in [6.07, 6.45) is 2.07. The number of β-amino-alcohol motifs (C(OH)–C–C–N with tert-alkyl or cyclic N) is 1. The quantitative estimate of drug-likeness (QED) is 0.716. The number of fused-ring (bicyclic) bond motifs is 4. The highest BCUT2D eigenvalue weighted by atomic mass is 19.1. The van der Waals surface area contributed by atoms with Crippen molar-refractivity contribution in [2.24, 2.45) is 0 Å². The molecule has 5 heteroatoms. The summed E-state index contributed by atoms with van der Waals surface area (Å²) < 4.78 is 19.4. The number of nitrogens with one attached hydrogen (secondary N) is 1. The highest BCUT2D eigenvalue weighted by molar-refractivity contribution is 5.85. The van der Waals surface area contributed by atoms with Gasteiger partial charge in [-0.25, -0.2) is 4.39 Å². The van der Waals surface area contributed by atoms with Gasteiger partial charge in [0, 0.05) is 41.4 Å². The van der Waals surface area contributed by atoms with Crippen LogP contribution >= 0.6 is 0 Å². The van der Waals surface area contributed by atoms with Crippen LogP contribution in [0.5, 0.6) is 5.75 Å². The molecule has 0 spiro atoms. The van der Waals surface area contributed by atoms with Gasteiger partial charge < -0.3 is 19.7 Å². The third-order valence-corrected chi connectivity index (χ3v) is 6.87. The fourth-order valence-corrected chi connectivity index (χ4v) is 5.43. The van der Waals surface area contributed by atoms with Crippen LogP contribution in [0.1, 0.15) is 23.2 Å². The third-order valence-electron chi connectivity index (χ3n) is 6.87. The van der Waals surface area contributed by atoms with Gasteiger partial charge in [0.05, 0.1) is 12.7 Å². The number of likely N-dealkylation sites (N-methyl/N-ethyl adjacent to an activating group) is 1. The fourth-order valence-electron chi connectivity index (χ4n) is 5.43. The van der Waals surface area contributed by atoms with E-state index in [9.17, 15) is 9.50 Å². The van der Waals surface area contributed by atoms with Crippen LogP contribution in [0.15, 0.2) is 42.5 Å². The van der Waals surface area contributed by atoms with E-state index in [-0.39, 0.29) is 5.82 Å². The Morgan fingerprint density at radius 1 is 1.18 bits per heavy atom. The van der Waals surface area contributed by atoms with Gasteiger partial charge >= 0.3 is 0 Å². The van der Waals surface area contributed by atoms with Crippen molar-refractivity contribution in [2.75, 3.05) is 27.2 Å². The van der Waals surface area contributed by atoms with Crippen LogP contribution in [0.2, 0.25) is 0 Å². The summed E-state index contributed by atoms with van der Waals surface area (Å²) in [5.74, 6) is 0.560. The minimum absolute atomic E-state index is 0.244. The molecule has 2 atom stereocenters. The lowest BCUT2D eigenvalue weighted by Crippen LogP contribution is -2.65. The van der Waals surface area contributed by atoms with Gasteiger partial charge in [0.1, 0.15) is 11.6 Å². The Labute approximate surface area is 163 Å². The molecular weight excluding hydrogens is 355 g/mol. The minimum Gasteiger partial charge on any atom is -0.497 e. The lowest BCUT2D eigenvalue weighted by atomic mass is 9.56. The summed E-state index contributed by atoms with van der Waals surface area (Å²) in [5, 5.41) is 12.9. The van der Waals surface area contributed by atoms with Crippen molar-refractivity contribution < 1.29 is 14.2 Å². The van der Waals surface area contributed by atoms with Gasteiger partial charge in [-0.3, -0.25) is 0 Å². The van der Waals surface area contributed by atoms with E-state index in [0.717, 1.165) is 46.4 Å². The molecule has 3 aromatic rings. The van der Waals surface area contributed by atoms with E-state index in [1.165, 1.54) is 6.07 Å². The third kappa shape index (κ3) is 2.43. The van der Waals surface area contributed by atoms with Crippen LogP contribution in [-0.2, 0) is 18.3 Å². The molecule has 146 valence electrons. The molecule has 2 heterocycles. The summed E-state index contributed by atoms with van der Waals surface area (Å²) >= 11 is 0. The van der Waals surface area contributed by atoms with E-state index in [1.807, 2.05) is 12.1 Å². The van der Waals surface area contributed by atoms with Gasteiger partial charge in [0.2, 0.25) is 0 Å². The van der Waals surface area contributed by atoms with Crippen molar-refractivity contribution in [3.05, 3.63) is 65.1 Å². The Hall–Kier alpha value is -2.37. The first-order valence-electron chi connectivity index (χ1n) is 9.79. The average Bonchev–Trinajstić information content (AvgIpc) is 3.01. The number of benzene rings is 2. The van der Waals surface area contributed by atoms with E-state index in [4.69, 9.17) is 4.74 Å². The predicted octanol–water partition coefficient (Wildman–Crippen LogP) is 3.42. The van der Waals surface area contributed by atoms with Gasteiger partial charge in [-0.05, 0) is 61.5 Å². The highest BCUT2D eigenvalue weighted by Crippen LogP contribution is 2.51. The molecule has 4 nitrogen and oxygen atoms in total. The van der Waals surface area contributed by atoms with Crippen molar-refractivity contribution in [1.82, 2.24) is 9.88 Å². The zero-order valence-electron chi connectivity index (χ0n) is 16.3. The predicted molar refractivity (Wildman–Crippen MR) is 107 cm³/mol. The number of hydrogen-bond donors (Lipinski definition) is 2. The molecule has 1 aromatic heterocycles. The first-order valence-corrected chi connectivity index (χ1v) is 9.79. The van der Waals surface area contributed by atoms with Crippen LogP contribution in [-0.4, -0.2) is 47.8 Å². The Kier molecular flexibility index (Phi) is 3.83. The second-order valence-electron chi connectivity index (χ2n) is 8.46. The van der Waals surface area contributed by atoms with E-state index < -0.39 is 11.0 Å². The van der Waals surface area contributed by atoms with Crippen molar-refractivity contribution in [1.29, 1.82) is 0 Å². The maximum atomic E-state index is 13.9. The topological polar surface area (TPSA) is 48.5 Å². The molecule has 1 saturated heterocycles. The van der Waals surface area contributed by atoms with Crippen LogP contribution < -0.4 is 4.74 Å². The number of rotatable bonds is 2. The van der Waals surface area contributed by atoms with E-state index in [0.29, 0.717) is 19.4 Å². The number of aromatic amines is 1. The summed E-state index contributed by atoms with van der Waals surface area (Å²) in [7, 11) is 3.72. The smallest absolute Gasteiger partial charge is 0.123 e. The molecular formula is C23H25FN2O2. The molecule has 28 heavy (non-hydrogen) atoms. The fraction of sp³-hybridized carbons (Fsp3) is 0.391. The van der Waals surface area contributed by atoms with Crippen LogP contribution in [0, 0.1) is 5.82 Å². The monoisotopic (exact) mass is 380 g/mol. The van der Waals surface area contributed by atoms with Crippen molar-refractivity contribution >= 4 is 10.9 Å². The second kappa shape index (κ2) is 6.06. The van der Waals surface area contributed by atoms with E-state index in [2.05, 4.69) is 29.1 Å². The zero-order valence-corrected chi connectivity index (χ0v) is 16.3. The van der Waals surface area contributed by atoms with Gasteiger partial charge in [-0.1, -0.05) is 12.1 Å². The zero-order chi connectivity index (χ0) is 19.5. The van der Waals surface area contributed by atoms with Gasteiger partial charge in [0.25, 0.3) is 0 Å². The number of ether oxygens (including phenoxy) is 1. The Morgan fingerprint density at radius 2 is 2.04 bits per heavy atom. The summed E-state index contributed by atoms with van der Waals surface area (Å²) in [6, 6.07) is 13.0. The maximum absolute atomic E-state index is 13.9. The molecule has 5 rings (SSSR count). The Bertz CT molecular complexity index is 1060.